The minimum Gasteiger partial charge on any atom is -0.393 e. The maximum absolute atomic E-state index is 11.8. The number of aliphatic hydroxyl groups is 2. The zero-order chi connectivity index (χ0) is 14.5. The summed E-state index contributed by atoms with van der Waals surface area (Å²) in [5.74, 6) is 0.750. The first kappa shape index (κ1) is 15.5. The summed E-state index contributed by atoms with van der Waals surface area (Å²) >= 11 is 0. The van der Waals surface area contributed by atoms with Crippen molar-refractivity contribution in [1.29, 1.82) is 0 Å². The number of ketones is 1. The van der Waals surface area contributed by atoms with Gasteiger partial charge in [0.05, 0.1) is 12.2 Å². The van der Waals surface area contributed by atoms with Gasteiger partial charge in [0, 0.05) is 6.42 Å². The molecular formula is C17H26O3. The molecule has 0 aromatic heterocycles. The van der Waals surface area contributed by atoms with Gasteiger partial charge in [-0.3, -0.25) is 4.79 Å². The van der Waals surface area contributed by atoms with Crippen LogP contribution in [0.3, 0.4) is 0 Å². The second-order valence-electron chi connectivity index (χ2n) is 6.44. The van der Waals surface area contributed by atoms with Gasteiger partial charge in [0.15, 0.2) is 5.78 Å². The molecule has 2 aliphatic rings. The fourth-order valence-corrected chi connectivity index (χ4v) is 3.41. The van der Waals surface area contributed by atoms with E-state index in [1.54, 1.807) is 6.08 Å². The molecular weight excluding hydrogens is 252 g/mol. The van der Waals surface area contributed by atoms with E-state index in [4.69, 9.17) is 0 Å². The topological polar surface area (TPSA) is 57.5 Å². The van der Waals surface area contributed by atoms with E-state index in [2.05, 4.69) is 19.1 Å². The van der Waals surface area contributed by atoms with E-state index >= 15 is 0 Å². The molecule has 3 nitrogen and oxygen atoms in total. The van der Waals surface area contributed by atoms with E-state index in [1.165, 1.54) is 6.08 Å². The van der Waals surface area contributed by atoms with Gasteiger partial charge in [0.1, 0.15) is 0 Å². The van der Waals surface area contributed by atoms with E-state index in [1.807, 2.05) is 0 Å². The highest BCUT2D eigenvalue weighted by atomic mass is 16.3. The van der Waals surface area contributed by atoms with E-state index in [-0.39, 0.29) is 23.7 Å². The van der Waals surface area contributed by atoms with Gasteiger partial charge < -0.3 is 10.2 Å². The maximum atomic E-state index is 11.8. The second kappa shape index (κ2) is 7.19. The van der Waals surface area contributed by atoms with E-state index in [9.17, 15) is 15.0 Å². The summed E-state index contributed by atoms with van der Waals surface area (Å²) in [5, 5.41) is 20.1. The molecule has 0 saturated heterocycles. The third-order valence-corrected chi connectivity index (χ3v) is 4.56. The maximum Gasteiger partial charge on any atom is 0.155 e. The summed E-state index contributed by atoms with van der Waals surface area (Å²) in [6, 6.07) is 0. The summed E-state index contributed by atoms with van der Waals surface area (Å²) in [7, 11) is 0. The SMILES string of the molecule is CC1CCC/C=C/C2CC(O)CC2C(O)/C=C/C(=O)C1. The summed E-state index contributed by atoms with van der Waals surface area (Å²) in [6.07, 6.45) is 11.6. The molecule has 5 unspecified atom stereocenters. The molecule has 3 heteroatoms. The lowest BCUT2D eigenvalue weighted by molar-refractivity contribution is -0.115. The Kier molecular flexibility index (Phi) is 5.55. The predicted octanol–water partition coefficient (Wildman–Crippen LogP) is 2.63. The van der Waals surface area contributed by atoms with E-state index in [0.29, 0.717) is 18.8 Å². The minimum atomic E-state index is -0.637. The molecule has 1 fully saturated rings. The van der Waals surface area contributed by atoms with Crippen molar-refractivity contribution in [3.8, 4) is 0 Å². The molecule has 0 aromatic carbocycles. The van der Waals surface area contributed by atoms with Crippen LogP contribution in [0.2, 0.25) is 0 Å². The average Bonchev–Trinajstić information content (AvgIpc) is 2.76. The first-order valence-corrected chi connectivity index (χ1v) is 7.80. The molecule has 1 saturated carbocycles. The fraction of sp³-hybridized carbons (Fsp3) is 0.706. The third kappa shape index (κ3) is 4.29. The summed E-state index contributed by atoms with van der Waals surface area (Å²) in [4.78, 5) is 11.8. The highest BCUT2D eigenvalue weighted by molar-refractivity contribution is 5.89. The Labute approximate surface area is 121 Å². The third-order valence-electron chi connectivity index (χ3n) is 4.56. The van der Waals surface area contributed by atoms with Crippen molar-refractivity contribution in [2.24, 2.45) is 17.8 Å². The van der Waals surface area contributed by atoms with Crippen LogP contribution in [0.1, 0.15) is 45.4 Å². The van der Waals surface area contributed by atoms with Gasteiger partial charge in [-0.1, -0.05) is 25.2 Å². The van der Waals surface area contributed by atoms with Crippen molar-refractivity contribution >= 4 is 5.78 Å². The lowest BCUT2D eigenvalue weighted by Gasteiger charge is -2.19. The molecule has 112 valence electrons. The van der Waals surface area contributed by atoms with Gasteiger partial charge in [-0.05, 0) is 55.9 Å². The molecule has 0 bridgehead atoms. The molecule has 0 radical (unpaired) electrons. The van der Waals surface area contributed by atoms with Crippen LogP contribution in [0.15, 0.2) is 24.3 Å². The Hall–Kier alpha value is -0.930. The first-order chi connectivity index (χ1) is 9.56. The van der Waals surface area contributed by atoms with Crippen LogP contribution in [0, 0.1) is 17.8 Å². The lowest BCUT2D eigenvalue weighted by Crippen LogP contribution is -2.21. The fourth-order valence-electron chi connectivity index (χ4n) is 3.41. The van der Waals surface area contributed by atoms with E-state index in [0.717, 1.165) is 25.7 Å². The Morgan fingerprint density at radius 3 is 2.80 bits per heavy atom. The normalized spacial score (nSPS) is 43.0. The number of hydrogen-bond acceptors (Lipinski definition) is 3. The molecule has 0 amide bonds. The monoisotopic (exact) mass is 278 g/mol. The quantitative estimate of drug-likeness (QED) is 0.670. The van der Waals surface area contributed by atoms with E-state index < -0.39 is 6.10 Å². The molecule has 2 N–H and O–H groups in total. The van der Waals surface area contributed by atoms with Gasteiger partial charge >= 0.3 is 0 Å². The minimum absolute atomic E-state index is 0.0310. The molecule has 20 heavy (non-hydrogen) atoms. The average molecular weight is 278 g/mol. The molecule has 0 spiro atoms. The Morgan fingerprint density at radius 2 is 2.00 bits per heavy atom. The van der Waals surface area contributed by atoms with Crippen LogP contribution in [0.25, 0.3) is 0 Å². The zero-order valence-electron chi connectivity index (χ0n) is 12.2. The summed E-state index contributed by atoms with van der Waals surface area (Å²) in [5.41, 5.74) is 0. The van der Waals surface area contributed by atoms with Gasteiger partial charge in [-0.25, -0.2) is 0 Å². The van der Waals surface area contributed by atoms with Gasteiger partial charge in [-0.2, -0.15) is 0 Å². The van der Waals surface area contributed by atoms with Crippen molar-refractivity contribution in [3.63, 3.8) is 0 Å². The van der Waals surface area contributed by atoms with Crippen LogP contribution < -0.4 is 0 Å². The zero-order valence-corrected chi connectivity index (χ0v) is 12.2. The number of carbonyl (C=O) groups excluding carboxylic acids is 1. The highest BCUT2D eigenvalue weighted by Crippen LogP contribution is 2.36. The van der Waals surface area contributed by atoms with Crippen LogP contribution in [-0.4, -0.2) is 28.2 Å². The molecule has 5 atom stereocenters. The van der Waals surface area contributed by atoms with Crippen molar-refractivity contribution in [2.45, 2.75) is 57.7 Å². The van der Waals surface area contributed by atoms with Gasteiger partial charge in [0.2, 0.25) is 0 Å². The van der Waals surface area contributed by atoms with Crippen LogP contribution in [0.4, 0.5) is 0 Å². The largest absolute Gasteiger partial charge is 0.393 e. The number of rotatable bonds is 0. The first-order valence-electron chi connectivity index (χ1n) is 7.80. The smallest absolute Gasteiger partial charge is 0.155 e. The van der Waals surface area contributed by atoms with Crippen molar-refractivity contribution in [3.05, 3.63) is 24.3 Å². The highest BCUT2D eigenvalue weighted by Gasteiger charge is 2.35. The second-order valence-corrected chi connectivity index (χ2v) is 6.44. The van der Waals surface area contributed by atoms with Crippen molar-refractivity contribution < 1.29 is 15.0 Å². The van der Waals surface area contributed by atoms with Gasteiger partial charge in [-0.15, -0.1) is 0 Å². The Morgan fingerprint density at radius 1 is 1.20 bits per heavy atom. The molecule has 0 aliphatic heterocycles. The predicted molar refractivity (Wildman–Crippen MR) is 79.1 cm³/mol. The van der Waals surface area contributed by atoms with Crippen LogP contribution in [0.5, 0.6) is 0 Å². The van der Waals surface area contributed by atoms with Gasteiger partial charge in [0.25, 0.3) is 0 Å². The summed E-state index contributed by atoms with van der Waals surface area (Å²) < 4.78 is 0. The van der Waals surface area contributed by atoms with Crippen molar-refractivity contribution in [1.82, 2.24) is 0 Å². The standard InChI is InChI=1S/C17H26O3/c1-12-5-3-2-4-6-13-10-15(19)11-16(13)17(20)8-7-14(18)9-12/h4,6-8,12-13,15-17,19-20H,2-3,5,9-11H2,1H3/b6-4+,8-7+. The van der Waals surface area contributed by atoms with Crippen molar-refractivity contribution in [2.75, 3.05) is 0 Å². The number of fused-ring (bicyclic) bond motifs is 1. The number of aliphatic hydroxyl groups excluding tert-OH is 2. The number of carbonyl (C=O) groups is 1. The Bertz CT molecular complexity index is 386. The lowest BCUT2D eigenvalue weighted by atomic mass is 9.89. The molecule has 2 rings (SSSR count). The summed E-state index contributed by atoms with van der Waals surface area (Å²) in [6.45, 7) is 2.11. The molecule has 2 aliphatic carbocycles. The molecule has 0 heterocycles. The number of hydrogen-bond donors (Lipinski definition) is 2. The van der Waals surface area contributed by atoms with Crippen LogP contribution in [-0.2, 0) is 4.79 Å². The Balaban J connectivity index is 2.11. The van der Waals surface area contributed by atoms with Crippen LogP contribution >= 0.6 is 0 Å². The molecule has 0 aromatic rings. The number of allylic oxidation sites excluding steroid dienone is 3.